The van der Waals surface area contributed by atoms with Gasteiger partial charge in [-0.3, -0.25) is 14.4 Å². The molecule has 1 aliphatic heterocycles. The van der Waals surface area contributed by atoms with Crippen LogP contribution in [0.5, 0.6) is 0 Å². The van der Waals surface area contributed by atoms with E-state index in [1.165, 1.54) is 6.92 Å². The standard InChI is InChI=1S/C19H27N3O3/c1-4-15(5-2)18(24)21-9-11-22(12-10-21)19(25)16-7-6-8-17(13-16)20-14(3)23/h6-8,13,15H,4-5,9-12H2,1-3H3,(H,20,23). The summed E-state index contributed by atoms with van der Waals surface area (Å²) in [5.74, 6) is 0.0429. The fraction of sp³-hybridized carbons (Fsp3) is 0.526. The fourth-order valence-corrected chi connectivity index (χ4v) is 3.14. The highest BCUT2D eigenvalue weighted by molar-refractivity contribution is 5.97. The number of carbonyl (C=O) groups is 3. The number of hydrogen-bond donors (Lipinski definition) is 1. The van der Waals surface area contributed by atoms with Crippen LogP contribution in [0.25, 0.3) is 0 Å². The second-order valence-corrected chi connectivity index (χ2v) is 6.39. The number of hydrogen-bond acceptors (Lipinski definition) is 3. The van der Waals surface area contributed by atoms with Gasteiger partial charge in [-0.1, -0.05) is 19.9 Å². The summed E-state index contributed by atoms with van der Waals surface area (Å²) >= 11 is 0. The van der Waals surface area contributed by atoms with Crippen molar-refractivity contribution in [1.82, 2.24) is 9.80 Å². The average Bonchev–Trinajstić information content (AvgIpc) is 2.62. The number of benzene rings is 1. The number of piperazine rings is 1. The molecule has 0 aromatic heterocycles. The molecule has 2 rings (SSSR count). The molecule has 0 unspecified atom stereocenters. The maximum Gasteiger partial charge on any atom is 0.254 e. The highest BCUT2D eigenvalue weighted by Gasteiger charge is 2.27. The molecule has 3 amide bonds. The molecular weight excluding hydrogens is 318 g/mol. The van der Waals surface area contributed by atoms with Crippen LogP contribution in [-0.2, 0) is 9.59 Å². The van der Waals surface area contributed by atoms with Crippen LogP contribution < -0.4 is 5.32 Å². The van der Waals surface area contributed by atoms with Crippen LogP contribution in [0.15, 0.2) is 24.3 Å². The second-order valence-electron chi connectivity index (χ2n) is 6.39. The number of rotatable bonds is 5. The van der Waals surface area contributed by atoms with Crippen LogP contribution in [0.4, 0.5) is 5.69 Å². The highest BCUT2D eigenvalue weighted by atomic mass is 16.2. The third kappa shape index (κ3) is 4.81. The molecule has 6 heteroatoms. The molecule has 0 bridgehead atoms. The molecule has 0 radical (unpaired) electrons. The average molecular weight is 345 g/mol. The van der Waals surface area contributed by atoms with Crippen molar-refractivity contribution in [1.29, 1.82) is 0 Å². The van der Waals surface area contributed by atoms with E-state index in [2.05, 4.69) is 5.32 Å². The van der Waals surface area contributed by atoms with Gasteiger partial charge in [0.25, 0.3) is 5.91 Å². The molecule has 1 aromatic carbocycles. The molecule has 0 saturated carbocycles. The zero-order valence-electron chi connectivity index (χ0n) is 15.2. The third-order valence-electron chi connectivity index (χ3n) is 4.64. The van der Waals surface area contributed by atoms with Crippen molar-refractivity contribution in [2.24, 2.45) is 5.92 Å². The van der Waals surface area contributed by atoms with E-state index in [9.17, 15) is 14.4 Å². The molecule has 1 aromatic rings. The van der Waals surface area contributed by atoms with Crippen molar-refractivity contribution in [3.05, 3.63) is 29.8 Å². The van der Waals surface area contributed by atoms with E-state index in [4.69, 9.17) is 0 Å². The Hall–Kier alpha value is -2.37. The van der Waals surface area contributed by atoms with Crippen molar-refractivity contribution >= 4 is 23.4 Å². The van der Waals surface area contributed by atoms with Gasteiger partial charge >= 0.3 is 0 Å². The second kappa shape index (κ2) is 8.65. The first kappa shape index (κ1) is 19.0. The Balaban J connectivity index is 1.97. The van der Waals surface area contributed by atoms with Crippen molar-refractivity contribution in [2.45, 2.75) is 33.6 Å². The predicted octanol–water partition coefficient (Wildman–Crippen LogP) is 2.37. The molecular formula is C19H27N3O3. The van der Waals surface area contributed by atoms with Crippen molar-refractivity contribution in [3.8, 4) is 0 Å². The summed E-state index contributed by atoms with van der Waals surface area (Å²) in [6.07, 6.45) is 1.70. The minimum Gasteiger partial charge on any atom is -0.339 e. The number of carbonyl (C=O) groups excluding carboxylic acids is 3. The summed E-state index contributed by atoms with van der Waals surface area (Å²) in [6, 6.07) is 6.94. The summed E-state index contributed by atoms with van der Waals surface area (Å²) in [5.41, 5.74) is 1.16. The molecule has 6 nitrogen and oxygen atoms in total. The van der Waals surface area contributed by atoms with Gasteiger partial charge in [0.2, 0.25) is 11.8 Å². The van der Waals surface area contributed by atoms with E-state index in [0.717, 1.165) is 12.8 Å². The van der Waals surface area contributed by atoms with Crippen molar-refractivity contribution in [3.63, 3.8) is 0 Å². The number of anilines is 1. The monoisotopic (exact) mass is 345 g/mol. The number of nitrogens with zero attached hydrogens (tertiary/aromatic N) is 2. The molecule has 25 heavy (non-hydrogen) atoms. The van der Waals surface area contributed by atoms with E-state index in [1.807, 2.05) is 18.7 Å². The number of amides is 3. The van der Waals surface area contributed by atoms with E-state index >= 15 is 0 Å². The Kier molecular flexibility index (Phi) is 6.56. The molecule has 1 heterocycles. The summed E-state index contributed by atoms with van der Waals surface area (Å²) < 4.78 is 0. The summed E-state index contributed by atoms with van der Waals surface area (Å²) in [6.45, 7) is 7.73. The Bertz CT molecular complexity index is 633. The zero-order chi connectivity index (χ0) is 18.4. The first-order valence-electron chi connectivity index (χ1n) is 8.92. The van der Waals surface area contributed by atoms with E-state index in [0.29, 0.717) is 37.4 Å². The topological polar surface area (TPSA) is 69.7 Å². The van der Waals surface area contributed by atoms with Gasteiger partial charge in [0.1, 0.15) is 0 Å². The summed E-state index contributed by atoms with van der Waals surface area (Å²) in [4.78, 5) is 39.9. The fourth-order valence-electron chi connectivity index (χ4n) is 3.14. The van der Waals surface area contributed by atoms with E-state index in [-0.39, 0.29) is 23.6 Å². The lowest BCUT2D eigenvalue weighted by atomic mass is 10.0. The van der Waals surface area contributed by atoms with Gasteiger partial charge in [0, 0.05) is 50.3 Å². The van der Waals surface area contributed by atoms with Crippen LogP contribution in [0, 0.1) is 5.92 Å². The molecule has 0 atom stereocenters. The zero-order valence-corrected chi connectivity index (χ0v) is 15.2. The molecule has 136 valence electrons. The molecule has 1 fully saturated rings. The summed E-state index contributed by atoms with van der Waals surface area (Å²) in [7, 11) is 0. The van der Waals surface area contributed by atoms with Crippen LogP contribution >= 0.6 is 0 Å². The molecule has 0 spiro atoms. The van der Waals surface area contributed by atoms with E-state index < -0.39 is 0 Å². The van der Waals surface area contributed by atoms with E-state index in [1.54, 1.807) is 29.2 Å². The van der Waals surface area contributed by atoms with Crippen LogP contribution in [0.1, 0.15) is 44.0 Å². The maximum atomic E-state index is 12.7. The first-order valence-corrected chi connectivity index (χ1v) is 8.92. The minimum atomic E-state index is -0.168. The minimum absolute atomic E-state index is 0.0677. The van der Waals surface area contributed by atoms with Crippen molar-refractivity contribution in [2.75, 3.05) is 31.5 Å². The summed E-state index contributed by atoms with van der Waals surface area (Å²) in [5, 5.41) is 2.69. The molecule has 1 saturated heterocycles. The van der Waals surface area contributed by atoms with Gasteiger partial charge in [-0.2, -0.15) is 0 Å². The Labute approximate surface area is 149 Å². The molecule has 1 N–H and O–H groups in total. The van der Waals surface area contributed by atoms with Gasteiger partial charge < -0.3 is 15.1 Å². The van der Waals surface area contributed by atoms with Gasteiger partial charge in [-0.05, 0) is 31.0 Å². The van der Waals surface area contributed by atoms with Crippen LogP contribution in [0.3, 0.4) is 0 Å². The first-order chi connectivity index (χ1) is 12.0. The van der Waals surface area contributed by atoms with Gasteiger partial charge in [0.15, 0.2) is 0 Å². The van der Waals surface area contributed by atoms with Gasteiger partial charge in [0.05, 0.1) is 0 Å². The lowest BCUT2D eigenvalue weighted by molar-refractivity contribution is -0.137. The van der Waals surface area contributed by atoms with Crippen LogP contribution in [0.2, 0.25) is 0 Å². The number of nitrogens with one attached hydrogen (secondary N) is 1. The Morgan fingerprint density at radius 3 is 2.20 bits per heavy atom. The molecule has 0 aliphatic carbocycles. The SMILES string of the molecule is CCC(CC)C(=O)N1CCN(C(=O)c2cccc(NC(C)=O)c2)CC1. The predicted molar refractivity (Wildman–Crippen MR) is 97.3 cm³/mol. The van der Waals surface area contributed by atoms with Gasteiger partial charge in [-0.25, -0.2) is 0 Å². The normalized spacial score (nSPS) is 14.6. The molecule has 1 aliphatic rings. The lowest BCUT2D eigenvalue weighted by Crippen LogP contribution is -2.51. The largest absolute Gasteiger partial charge is 0.339 e. The Morgan fingerprint density at radius 1 is 1.04 bits per heavy atom. The van der Waals surface area contributed by atoms with Crippen LogP contribution in [-0.4, -0.2) is 53.7 Å². The maximum absolute atomic E-state index is 12.7. The Morgan fingerprint density at radius 2 is 1.64 bits per heavy atom. The lowest BCUT2D eigenvalue weighted by Gasteiger charge is -2.36. The highest BCUT2D eigenvalue weighted by Crippen LogP contribution is 2.17. The quantitative estimate of drug-likeness (QED) is 0.891. The third-order valence-corrected chi connectivity index (χ3v) is 4.64. The van der Waals surface area contributed by atoms with Gasteiger partial charge in [-0.15, -0.1) is 0 Å². The smallest absolute Gasteiger partial charge is 0.254 e. The van der Waals surface area contributed by atoms with Crippen molar-refractivity contribution < 1.29 is 14.4 Å².